The summed E-state index contributed by atoms with van der Waals surface area (Å²) in [4.78, 5) is 10.8. The van der Waals surface area contributed by atoms with Gasteiger partial charge in [-0.3, -0.25) is 10.1 Å². The van der Waals surface area contributed by atoms with Crippen molar-refractivity contribution in [3.05, 3.63) is 39.6 Å². The number of anilines is 1. The summed E-state index contributed by atoms with van der Waals surface area (Å²) in [5.41, 5.74) is 0.963. The molecule has 118 valence electrons. The summed E-state index contributed by atoms with van der Waals surface area (Å²) in [6.45, 7) is 2.03. The molecule has 0 aliphatic heterocycles. The van der Waals surface area contributed by atoms with Crippen LogP contribution in [0, 0.1) is 10.1 Å². The first-order valence-corrected chi connectivity index (χ1v) is 6.78. The van der Waals surface area contributed by atoms with E-state index in [0.29, 0.717) is 29.2 Å². The smallest absolute Gasteiger partial charge is 0.333 e. The summed E-state index contributed by atoms with van der Waals surface area (Å²) in [6, 6.07) is 5.10. The number of phenols is 1. The third kappa shape index (κ3) is 2.80. The fourth-order valence-corrected chi connectivity index (χ4v) is 2.25. The molecule has 0 atom stereocenters. The molecule has 0 aliphatic carbocycles. The topological polar surface area (TPSA) is 102 Å². The number of benzene rings is 1. The van der Waals surface area contributed by atoms with Gasteiger partial charge in [0.15, 0.2) is 11.5 Å². The Morgan fingerprint density at radius 3 is 2.82 bits per heavy atom. The molecule has 1 aromatic heterocycles. The number of hydrogen-bond acceptors (Lipinski definition) is 6. The highest BCUT2D eigenvalue weighted by atomic mass is 16.6. The van der Waals surface area contributed by atoms with E-state index in [1.807, 2.05) is 6.92 Å². The van der Waals surface area contributed by atoms with Gasteiger partial charge in [0.1, 0.15) is 5.69 Å². The molecule has 0 fully saturated rings. The van der Waals surface area contributed by atoms with Gasteiger partial charge >= 0.3 is 5.69 Å². The molecule has 0 saturated heterocycles. The highest BCUT2D eigenvalue weighted by Crippen LogP contribution is 2.32. The first-order chi connectivity index (χ1) is 10.5. The Morgan fingerprint density at radius 1 is 1.50 bits per heavy atom. The molecule has 0 spiro atoms. The van der Waals surface area contributed by atoms with Crippen molar-refractivity contribution < 1.29 is 14.8 Å². The van der Waals surface area contributed by atoms with Crippen LogP contribution in [0.15, 0.2) is 18.2 Å². The van der Waals surface area contributed by atoms with Crippen LogP contribution < -0.4 is 10.1 Å². The SMILES string of the molecule is CCc1nn(C)c(NCc2cccc(OC)c2O)c1[N+](=O)[O-]. The van der Waals surface area contributed by atoms with Gasteiger partial charge < -0.3 is 15.2 Å². The predicted octanol–water partition coefficient (Wildman–Crippen LogP) is 2.22. The molecule has 1 heterocycles. The van der Waals surface area contributed by atoms with Crippen LogP contribution in [0.1, 0.15) is 18.2 Å². The van der Waals surface area contributed by atoms with E-state index in [1.165, 1.54) is 11.8 Å². The lowest BCUT2D eigenvalue weighted by molar-refractivity contribution is -0.384. The van der Waals surface area contributed by atoms with E-state index < -0.39 is 4.92 Å². The second-order valence-electron chi connectivity index (χ2n) is 4.70. The number of aryl methyl sites for hydroxylation is 2. The normalized spacial score (nSPS) is 10.5. The highest BCUT2D eigenvalue weighted by molar-refractivity contribution is 5.60. The first-order valence-electron chi connectivity index (χ1n) is 6.78. The summed E-state index contributed by atoms with van der Waals surface area (Å²) >= 11 is 0. The van der Waals surface area contributed by atoms with Crippen LogP contribution >= 0.6 is 0 Å². The largest absolute Gasteiger partial charge is 0.504 e. The van der Waals surface area contributed by atoms with Crippen LogP contribution in [-0.4, -0.2) is 26.9 Å². The molecule has 0 aliphatic rings. The highest BCUT2D eigenvalue weighted by Gasteiger charge is 2.25. The van der Waals surface area contributed by atoms with E-state index in [4.69, 9.17) is 4.74 Å². The van der Waals surface area contributed by atoms with Crippen molar-refractivity contribution in [3.63, 3.8) is 0 Å². The van der Waals surface area contributed by atoms with Crippen LogP contribution in [0.4, 0.5) is 11.5 Å². The molecule has 1 aromatic carbocycles. The lowest BCUT2D eigenvalue weighted by Gasteiger charge is -2.10. The van der Waals surface area contributed by atoms with E-state index in [0.717, 1.165) is 0 Å². The summed E-state index contributed by atoms with van der Waals surface area (Å²) in [5, 5.41) is 28.4. The molecule has 8 heteroatoms. The number of aromatic hydroxyl groups is 1. The molecule has 0 unspecified atom stereocenters. The second kappa shape index (κ2) is 6.33. The Hall–Kier alpha value is -2.77. The number of hydrogen-bond donors (Lipinski definition) is 2. The van der Waals surface area contributed by atoms with Crippen LogP contribution in [0.3, 0.4) is 0 Å². The number of nitrogens with one attached hydrogen (secondary N) is 1. The fourth-order valence-electron chi connectivity index (χ4n) is 2.25. The Labute approximate surface area is 127 Å². The number of nitro groups is 1. The van der Waals surface area contributed by atoms with Gasteiger partial charge in [-0.25, -0.2) is 4.68 Å². The van der Waals surface area contributed by atoms with Gasteiger partial charge in [0.2, 0.25) is 5.82 Å². The van der Waals surface area contributed by atoms with Crippen molar-refractivity contribution in [2.45, 2.75) is 19.9 Å². The monoisotopic (exact) mass is 306 g/mol. The van der Waals surface area contributed by atoms with Crippen molar-refractivity contribution >= 4 is 11.5 Å². The van der Waals surface area contributed by atoms with E-state index in [1.54, 1.807) is 25.2 Å². The standard InChI is InChI=1S/C14H18N4O4/c1-4-10-12(18(20)21)14(17(2)16-10)15-8-9-6-5-7-11(22-3)13(9)19/h5-7,15,19H,4,8H2,1-3H3. The minimum Gasteiger partial charge on any atom is -0.504 e. The molecule has 0 radical (unpaired) electrons. The Morgan fingerprint density at radius 2 is 2.23 bits per heavy atom. The van der Waals surface area contributed by atoms with Crippen molar-refractivity contribution in [3.8, 4) is 11.5 Å². The van der Waals surface area contributed by atoms with Crippen LogP contribution in [0.2, 0.25) is 0 Å². The second-order valence-corrected chi connectivity index (χ2v) is 4.70. The quantitative estimate of drug-likeness (QED) is 0.626. The number of methoxy groups -OCH3 is 1. The maximum atomic E-state index is 11.2. The maximum Gasteiger partial charge on any atom is 0.333 e. The van der Waals surface area contributed by atoms with Crippen molar-refractivity contribution in [1.29, 1.82) is 0 Å². The number of nitrogens with zero attached hydrogens (tertiary/aromatic N) is 3. The van der Waals surface area contributed by atoms with Crippen molar-refractivity contribution in [1.82, 2.24) is 9.78 Å². The zero-order valence-corrected chi connectivity index (χ0v) is 12.7. The summed E-state index contributed by atoms with van der Waals surface area (Å²) in [5.74, 6) is 0.676. The minimum absolute atomic E-state index is 0.0121. The van der Waals surface area contributed by atoms with Crippen LogP contribution in [0.25, 0.3) is 0 Å². The number of para-hydroxylation sites is 1. The van der Waals surface area contributed by atoms with Gasteiger partial charge in [0.05, 0.1) is 12.0 Å². The maximum absolute atomic E-state index is 11.2. The molecule has 22 heavy (non-hydrogen) atoms. The van der Waals surface area contributed by atoms with E-state index in [-0.39, 0.29) is 18.0 Å². The van der Waals surface area contributed by atoms with Gasteiger partial charge in [0, 0.05) is 19.2 Å². The van der Waals surface area contributed by atoms with E-state index in [9.17, 15) is 15.2 Å². The van der Waals surface area contributed by atoms with Crippen molar-refractivity contribution in [2.75, 3.05) is 12.4 Å². The predicted molar refractivity (Wildman–Crippen MR) is 81.2 cm³/mol. The molecule has 2 aromatic rings. The van der Waals surface area contributed by atoms with Gasteiger partial charge in [0.25, 0.3) is 0 Å². The lowest BCUT2D eigenvalue weighted by Crippen LogP contribution is -2.07. The first kappa shape index (κ1) is 15.6. The molecular formula is C14H18N4O4. The van der Waals surface area contributed by atoms with Gasteiger partial charge in [-0.1, -0.05) is 19.1 Å². The van der Waals surface area contributed by atoms with E-state index in [2.05, 4.69) is 10.4 Å². The zero-order valence-electron chi connectivity index (χ0n) is 12.7. The number of ether oxygens (including phenoxy) is 1. The molecule has 0 amide bonds. The summed E-state index contributed by atoms with van der Waals surface area (Å²) in [7, 11) is 3.10. The molecule has 2 N–H and O–H groups in total. The summed E-state index contributed by atoms with van der Waals surface area (Å²) < 4.78 is 6.48. The molecule has 0 saturated carbocycles. The third-order valence-corrected chi connectivity index (χ3v) is 3.36. The summed E-state index contributed by atoms with van der Waals surface area (Å²) in [6.07, 6.45) is 0.468. The van der Waals surface area contributed by atoms with Crippen molar-refractivity contribution in [2.24, 2.45) is 7.05 Å². The zero-order chi connectivity index (χ0) is 16.3. The van der Waals surface area contributed by atoms with Crippen LogP contribution in [0.5, 0.6) is 11.5 Å². The molecule has 8 nitrogen and oxygen atoms in total. The Kier molecular flexibility index (Phi) is 4.50. The lowest BCUT2D eigenvalue weighted by atomic mass is 10.2. The van der Waals surface area contributed by atoms with Crippen LogP contribution in [-0.2, 0) is 20.0 Å². The van der Waals surface area contributed by atoms with Gasteiger partial charge in [-0.2, -0.15) is 5.10 Å². The number of phenolic OH excluding ortho intramolecular Hbond substituents is 1. The number of rotatable bonds is 6. The fraction of sp³-hybridized carbons (Fsp3) is 0.357. The minimum atomic E-state index is -0.445. The average Bonchev–Trinajstić information content (AvgIpc) is 2.82. The third-order valence-electron chi connectivity index (χ3n) is 3.36. The Bertz CT molecular complexity index is 696. The van der Waals surface area contributed by atoms with E-state index >= 15 is 0 Å². The molecule has 0 bridgehead atoms. The van der Waals surface area contributed by atoms with Gasteiger partial charge in [-0.15, -0.1) is 0 Å². The van der Waals surface area contributed by atoms with Gasteiger partial charge in [-0.05, 0) is 12.5 Å². The Balaban J connectivity index is 2.29. The number of aromatic nitrogens is 2. The molecular weight excluding hydrogens is 288 g/mol. The average molecular weight is 306 g/mol. The molecule has 2 rings (SSSR count).